The number of thioether (sulfide) groups is 1. The van der Waals surface area contributed by atoms with E-state index < -0.39 is 12.0 Å². The third kappa shape index (κ3) is 7.50. The summed E-state index contributed by atoms with van der Waals surface area (Å²) in [6, 6.07) is 7.92. The summed E-state index contributed by atoms with van der Waals surface area (Å²) in [5.74, 6) is -0.348. The van der Waals surface area contributed by atoms with E-state index in [9.17, 15) is 14.4 Å². The van der Waals surface area contributed by atoms with Gasteiger partial charge in [0.2, 0.25) is 0 Å². The Hall–Kier alpha value is -2.02. The molecule has 1 N–H and O–H groups in total. The third-order valence-electron chi connectivity index (χ3n) is 2.99. The van der Waals surface area contributed by atoms with Gasteiger partial charge in [-0.2, -0.15) is 11.8 Å². The molecule has 0 heterocycles. The fourth-order valence-corrected chi connectivity index (χ4v) is 2.68. The van der Waals surface area contributed by atoms with Crippen LogP contribution >= 0.6 is 11.8 Å². The number of esters is 2. The summed E-state index contributed by atoms with van der Waals surface area (Å²) in [4.78, 5) is 35.5. The van der Waals surface area contributed by atoms with Gasteiger partial charge in [-0.25, -0.2) is 4.79 Å². The fraction of sp³-hybridized carbons (Fsp3) is 0.471. The van der Waals surface area contributed by atoms with Crippen molar-refractivity contribution in [3.63, 3.8) is 0 Å². The number of ether oxygens (including phenoxy) is 2. The van der Waals surface area contributed by atoms with Crippen molar-refractivity contribution >= 4 is 29.6 Å². The second-order valence-corrected chi connectivity index (χ2v) is 5.90. The van der Waals surface area contributed by atoms with Crippen LogP contribution in [0.1, 0.15) is 30.6 Å². The van der Waals surface area contributed by atoms with Gasteiger partial charge in [-0.1, -0.05) is 18.2 Å². The first kappa shape index (κ1) is 20.0. The lowest BCUT2D eigenvalue weighted by Gasteiger charge is -2.17. The van der Waals surface area contributed by atoms with E-state index >= 15 is 0 Å². The van der Waals surface area contributed by atoms with E-state index in [4.69, 9.17) is 9.47 Å². The third-order valence-corrected chi connectivity index (χ3v) is 3.95. The predicted molar refractivity (Wildman–Crippen MR) is 92.9 cm³/mol. The maximum absolute atomic E-state index is 12.2. The van der Waals surface area contributed by atoms with Crippen molar-refractivity contribution in [2.75, 3.05) is 24.7 Å². The highest BCUT2D eigenvalue weighted by molar-refractivity contribution is 7.99. The lowest BCUT2D eigenvalue weighted by molar-refractivity contribution is -0.145. The van der Waals surface area contributed by atoms with Gasteiger partial charge in [-0.05, 0) is 38.2 Å². The Morgan fingerprint density at radius 3 is 2.38 bits per heavy atom. The molecule has 1 unspecified atom stereocenters. The van der Waals surface area contributed by atoms with Crippen molar-refractivity contribution in [2.45, 2.75) is 26.3 Å². The SMILES string of the molecule is CCOC(=O)CSCCC(NC(=O)c1ccccc1)C(=O)OCC. The Morgan fingerprint density at radius 2 is 1.75 bits per heavy atom. The van der Waals surface area contributed by atoms with Crippen LogP contribution in [0.2, 0.25) is 0 Å². The minimum Gasteiger partial charge on any atom is -0.465 e. The van der Waals surface area contributed by atoms with Gasteiger partial charge in [0.15, 0.2) is 0 Å². The highest BCUT2D eigenvalue weighted by atomic mass is 32.2. The van der Waals surface area contributed by atoms with Gasteiger partial charge >= 0.3 is 11.9 Å². The second kappa shape index (κ2) is 11.5. The van der Waals surface area contributed by atoms with Crippen LogP contribution in [0.3, 0.4) is 0 Å². The Kier molecular flexibility index (Phi) is 9.60. The van der Waals surface area contributed by atoms with Crippen LogP contribution in [-0.2, 0) is 19.1 Å². The van der Waals surface area contributed by atoms with Crippen LogP contribution in [0.15, 0.2) is 30.3 Å². The second-order valence-electron chi connectivity index (χ2n) is 4.79. The smallest absolute Gasteiger partial charge is 0.328 e. The van der Waals surface area contributed by atoms with E-state index in [0.717, 1.165) is 0 Å². The number of rotatable bonds is 10. The van der Waals surface area contributed by atoms with Crippen molar-refractivity contribution in [3.8, 4) is 0 Å². The molecule has 0 fully saturated rings. The summed E-state index contributed by atoms with van der Waals surface area (Å²) >= 11 is 1.35. The van der Waals surface area contributed by atoms with E-state index in [1.54, 1.807) is 38.1 Å². The molecule has 132 valence electrons. The number of amides is 1. The van der Waals surface area contributed by atoms with Crippen LogP contribution < -0.4 is 5.32 Å². The summed E-state index contributed by atoms with van der Waals surface area (Å²) < 4.78 is 9.84. The molecule has 0 radical (unpaired) electrons. The van der Waals surface area contributed by atoms with E-state index in [-0.39, 0.29) is 24.2 Å². The lowest BCUT2D eigenvalue weighted by Crippen LogP contribution is -2.42. The molecular formula is C17H23NO5S. The first-order valence-electron chi connectivity index (χ1n) is 7.84. The maximum Gasteiger partial charge on any atom is 0.328 e. The zero-order chi connectivity index (χ0) is 17.8. The standard InChI is InChI=1S/C17H23NO5S/c1-3-22-15(19)12-24-11-10-14(17(21)23-4-2)18-16(20)13-8-6-5-7-9-13/h5-9,14H,3-4,10-12H2,1-2H3,(H,18,20). The summed E-state index contributed by atoms with van der Waals surface area (Å²) in [7, 11) is 0. The average Bonchev–Trinajstić information content (AvgIpc) is 2.58. The first-order valence-corrected chi connectivity index (χ1v) is 8.99. The molecule has 0 bridgehead atoms. The van der Waals surface area contributed by atoms with Gasteiger partial charge in [-0.15, -0.1) is 0 Å². The molecule has 1 rings (SSSR count). The highest BCUT2D eigenvalue weighted by Gasteiger charge is 2.22. The molecule has 7 heteroatoms. The van der Waals surface area contributed by atoms with E-state index in [0.29, 0.717) is 24.3 Å². The van der Waals surface area contributed by atoms with Crippen molar-refractivity contribution in [3.05, 3.63) is 35.9 Å². The number of hydrogen-bond acceptors (Lipinski definition) is 6. The van der Waals surface area contributed by atoms with Crippen LogP contribution in [-0.4, -0.2) is 48.6 Å². The highest BCUT2D eigenvalue weighted by Crippen LogP contribution is 2.08. The number of carbonyl (C=O) groups excluding carboxylic acids is 3. The van der Waals surface area contributed by atoms with Crippen LogP contribution in [0.4, 0.5) is 0 Å². The van der Waals surface area contributed by atoms with Crippen molar-refractivity contribution in [1.29, 1.82) is 0 Å². The molecule has 24 heavy (non-hydrogen) atoms. The molecule has 0 aliphatic heterocycles. The van der Waals surface area contributed by atoms with Crippen molar-refractivity contribution < 1.29 is 23.9 Å². The Bertz CT molecular complexity index is 535. The summed E-state index contributed by atoms with van der Waals surface area (Å²) in [5, 5.41) is 2.69. The minimum atomic E-state index is -0.743. The topological polar surface area (TPSA) is 81.7 Å². The van der Waals surface area contributed by atoms with Gasteiger partial charge in [0.25, 0.3) is 5.91 Å². The molecule has 0 saturated carbocycles. The molecule has 1 atom stereocenters. The maximum atomic E-state index is 12.2. The molecule has 0 aliphatic rings. The minimum absolute atomic E-state index is 0.218. The normalized spacial score (nSPS) is 11.4. The quantitative estimate of drug-likeness (QED) is 0.512. The van der Waals surface area contributed by atoms with Gasteiger partial charge in [0.1, 0.15) is 6.04 Å². The zero-order valence-electron chi connectivity index (χ0n) is 13.9. The summed E-state index contributed by atoms with van der Waals surface area (Å²) in [5.41, 5.74) is 0.478. The van der Waals surface area contributed by atoms with Crippen molar-refractivity contribution in [1.82, 2.24) is 5.32 Å². The molecule has 0 aliphatic carbocycles. The molecule has 0 aromatic heterocycles. The predicted octanol–water partition coefficient (Wildman–Crippen LogP) is 2.03. The monoisotopic (exact) mass is 353 g/mol. The van der Waals surface area contributed by atoms with Crippen LogP contribution in [0.5, 0.6) is 0 Å². The largest absolute Gasteiger partial charge is 0.465 e. The Labute approximate surface area is 146 Å². The zero-order valence-corrected chi connectivity index (χ0v) is 14.8. The lowest BCUT2D eigenvalue weighted by atomic mass is 10.1. The molecule has 6 nitrogen and oxygen atoms in total. The van der Waals surface area contributed by atoms with Crippen LogP contribution in [0.25, 0.3) is 0 Å². The van der Waals surface area contributed by atoms with Gasteiger partial charge in [0.05, 0.1) is 19.0 Å². The van der Waals surface area contributed by atoms with Crippen molar-refractivity contribution in [2.24, 2.45) is 0 Å². The van der Waals surface area contributed by atoms with Crippen LogP contribution in [0, 0.1) is 0 Å². The Balaban J connectivity index is 2.53. The summed E-state index contributed by atoms with van der Waals surface area (Å²) in [6.45, 7) is 4.05. The number of carbonyl (C=O) groups is 3. The van der Waals surface area contributed by atoms with E-state index in [1.165, 1.54) is 11.8 Å². The number of hydrogen-bond donors (Lipinski definition) is 1. The van der Waals surface area contributed by atoms with Gasteiger partial charge < -0.3 is 14.8 Å². The fourth-order valence-electron chi connectivity index (χ4n) is 1.88. The molecule has 0 spiro atoms. The molecule has 0 saturated heterocycles. The first-order chi connectivity index (χ1) is 11.6. The molecule has 1 aromatic rings. The number of benzene rings is 1. The average molecular weight is 353 g/mol. The van der Waals surface area contributed by atoms with E-state index in [1.807, 2.05) is 6.07 Å². The number of nitrogens with one attached hydrogen (secondary N) is 1. The molecular weight excluding hydrogens is 330 g/mol. The molecule has 1 amide bonds. The van der Waals surface area contributed by atoms with Gasteiger partial charge in [-0.3, -0.25) is 9.59 Å². The van der Waals surface area contributed by atoms with Gasteiger partial charge in [0, 0.05) is 5.56 Å². The molecule has 1 aromatic carbocycles. The Morgan fingerprint density at radius 1 is 1.08 bits per heavy atom. The van der Waals surface area contributed by atoms with E-state index in [2.05, 4.69) is 5.32 Å². The summed E-state index contributed by atoms with van der Waals surface area (Å²) in [6.07, 6.45) is 0.376.